The third-order valence-corrected chi connectivity index (χ3v) is 5.93. The van der Waals surface area contributed by atoms with Gasteiger partial charge in [-0.15, -0.1) is 0 Å². The molecule has 0 bridgehead atoms. The number of piperidine rings is 1. The van der Waals surface area contributed by atoms with Gasteiger partial charge in [-0.3, -0.25) is 4.90 Å². The third-order valence-electron chi connectivity index (χ3n) is 4.41. The van der Waals surface area contributed by atoms with E-state index in [2.05, 4.69) is 9.62 Å². The number of rotatable bonds is 3. The first-order valence-electron chi connectivity index (χ1n) is 7.29. The Hall–Kier alpha value is -1.18. The highest BCUT2D eigenvalue weighted by Crippen LogP contribution is 2.28. The Morgan fingerprint density at radius 3 is 2.81 bits per heavy atom. The SMILES string of the molecule is Nc1ccc(S(=O)(=O)NC2CCN3CCCCC23)c(F)c1. The van der Waals surface area contributed by atoms with Crippen LogP contribution in [0.2, 0.25) is 0 Å². The summed E-state index contributed by atoms with van der Waals surface area (Å²) in [6.45, 7) is 1.93. The highest BCUT2D eigenvalue weighted by atomic mass is 32.2. The van der Waals surface area contributed by atoms with Crippen LogP contribution in [0.15, 0.2) is 23.1 Å². The zero-order chi connectivity index (χ0) is 15.0. The fourth-order valence-electron chi connectivity index (χ4n) is 3.38. The van der Waals surface area contributed by atoms with Crippen LogP contribution in [0.5, 0.6) is 0 Å². The number of anilines is 1. The van der Waals surface area contributed by atoms with E-state index in [1.165, 1.54) is 18.6 Å². The smallest absolute Gasteiger partial charge is 0.243 e. The lowest BCUT2D eigenvalue weighted by molar-refractivity contribution is 0.186. The van der Waals surface area contributed by atoms with Crippen molar-refractivity contribution in [2.24, 2.45) is 0 Å². The first kappa shape index (κ1) is 14.7. The summed E-state index contributed by atoms with van der Waals surface area (Å²) in [6.07, 6.45) is 4.07. The van der Waals surface area contributed by atoms with Crippen LogP contribution in [-0.2, 0) is 10.0 Å². The minimum absolute atomic E-state index is 0.132. The number of nitrogen functional groups attached to an aromatic ring is 1. The minimum Gasteiger partial charge on any atom is -0.399 e. The summed E-state index contributed by atoms with van der Waals surface area (Å²) in [5.41, 5.74) is 5.67. The molecule has 0 spiro atoms. The highest BCUT2D eigenvalue weighted by Gasteiger charge is 2.38. The quantitative estimate of drug-likeness (QED) is 0.825. The Morgan fingerprint density at radius 2 is 2.05 bits per heavy atom. The molecule has 2 aliphatic rings. The van der Waals surface area contributed by atoms with E-state index in [1.54, 1.807) is 0 Å². The fourth-order valence-corrected chi connectivity index (χ4v) is 4.75. The van der Waals surface area contributed by atoms with E-state index in [1.807, 2.05) is 0 Å². The second kappa shape index (κ2) is 5.55. The van der Waals surface area contributed by atoms with Gasteiger partial charge in [0, 0.05) is 24.3 Å². The molecule has 5 nitrogen and oxygen atoms in total. The first-order chi connectivity index (χ1) is 9.97. The number of hydrogen-bond donors (Lipinski definition) is 2. The van der Waals surface area contributed by atoms with Gasteiger partial charge >= 0.3 is 0 Å². The summed E-state index contributed by atoms with van der Waals surface area (Å²) in [7, 11) is -3.85. The molecule has 0 amide bonds. The van der Waals surface area contributed by atoms with Gasteiger partial charge in [0.1, 0.15) is 10.7 Å². The molecule has 2 atom stereocenters. The van der Waals surface area contributed by atoms with Crippen LogP contribution in [0.1, 0.15) is 25.7 Å². The Labute approximate surface area is 124 Å². The lowest BCUT2D eigenvalue weighted by Crippen LogP contribution is -2.46. The zero-order valence-corrected chi connectivity index (χ0v) is 12.6. The van der Waals surface area contributed by atoms with E-state index >= 15 is 0 Å². The minimum atomic E-state index is -3.85. The molecule has 2 fully saturated rings. The van der Waals surface area contributed by atoms with Gasteiger partial charge in [-0.25, -0.2) is 17.5 Å². The topological polar surface area (TPSA) is 75.4 Å². The summed E-state index contributed by atoms with van der Waals surface area (Å²) in [6, 6.07) is 3.77. The van der Waals surface area contributed by atoms with Crippen LogP contribution in [0.25, 0.3) is 0 Å². The molecule has 1 aromatic rings. The van der Waals surface area contributed by atoms with Crippen LogP contribution < -0.4 is 10.5 Å². The van der Waals surface area contributed by atoms with E-state index in [9.17, 15) is 12.8 Å². The second-order valence-corrected chi connectivity index (χ2v) is 7.49. The van der Waals surface area contributed by atoms with Crippen LogP contribution in [0.4, 0.5) is 10.1 Å². The number of hydrogen-bond acceptors (Lipinski definition) is 4. The molecule has 1 aromatic carbocycles. The zero-order valence-electron chi connectivity index (χ0n) is 11.8. The van der Waals surface area contributed by atoms with E-state index in [0.29, 0.717) is 0 Å². The van der Waals surface area contributed by atoms with Gasteiger partial charge in [-0.05, 0) is 44.0 Å². The van der Waals surface area contributed by atoms with Crippen molar-refractivity contribution in [3.63, 3.8) is 0 Å². The molecule has 2 unspecified atom stereocenters. The molecule has 0 aliphatic carbocycles. The van der Waals surface area contributed by atoms with Crippen LogP contribution in [0.3, 0.4) is 0 Å². The van der Waals surface area contributed by atoms with Crippen molar-refractivity contribution >= 4 is 15.7 Å². The summed E-state index contributed by atoms with van der Waals surface area (Å²) < 4.78 is 41.3. The number of nitrogens with zero attached hydrogens (tertiary/aromatic N) is 1. The lowest BCUT2D eigenvalue weighted by atomic mass is 10.00. The van der Waals surface area contributed by atoms with Crippen molar-refractivity contribution in [3.05, 3.63) is 24.0 Å². The van der Waals surface area contributed by atoms with Gasteiger partial charge in [0.2, 0.25) is 10.0 Å². The number of halogens is 1. The maximum atomic E-state index is 13.8. The number of fused-ring (bicyclic) bond motifs is 1. The van der Waals surface area contributed by atoms with Gasteiger partial charge in [-0.2, -0.15) is 0 Å². The van der Waals surface area contributed by atoms with E-state index in [-0.39, 0.29) is 22.7 Å². The Morgan fingerprint density at radius 1 is 1.24 bits per heavy atom. The van der Waals surface area contributed by atoms with Crippen molar-refractivity contribution in [2.45, 2.75) is 42.7 Å². The average molecular weight is 313 g/mol. The van der Waals surface area contributed by atoms with Crippen LogP contribution in [-0.4, -0.2) is 38.5 Å². The number of sulfonamides is 1. The molecule has 21 heavy (non-hydrogen) atoms. The highest BCUT2D eigenvalue weighted by molar-refractivity contribution is 7.89. The van der Waals surface area contributed by atoms with Crippen molar-refractivity contribution in [3.8, 4) is 0 Å². The molecular formula is C14H20FN3O2S. The molecule has 116 valence electrons. The predicted octanol–water partition coefficient (Wildman–Crippen LogP) is 1.31. The summed E-state index contributed by atoms with van der Waals surface area (Å²) in [5.74, 6) is -0.805. The monoisotopic (exact) mass is 313 g/mol. The van der Waals surface area contributed by atoms with Gasteiger partial charge in [-0.1, -0.05) is 6.42 Å². The van der Waals surface area contributed by atoms with Gasteiger partial charge < -0.3 is 5.73 Å². The molecule has 2 saturated heterocycles. The molecule has 3 rings (SSSR count). The molecule has 7 heteroatoms. The largest absolute Gasteiger partial charge is 0.399 e. The van der Waals surface area contributed by atoms with Crippen LogP contribution >= 0.6 is 0 Å². The lowest BCUT2D eigenvalue weighted by Gasteiger charge is -2.32. The molecule has 0 saturated carbocycles. The number of benzene rings is 1. The number of nitrogens with one attached hydrogen (secondary N) is 1. The standard InChI is InChI=1S/C14H20FN3O2S/c15-11-9-10(16)4-5-14(11)21(19,20)17-12-6-8-18-7-2-1-3-13(12)18/h4-5,9,12-13,17H,1-3,6-8,16H2. The molecule has 2 aliphatic heterocycles. The summed E-state index contributed by atoms with van der Waals surface area (Å²) in [4.78, 5) is 2.00. The fraction of sp³-hybridized carbons (Fsp3) is 0.571. The van der Waals surface area contributed by atoms with Gasteiger partial charge in [0.15, 0.2) is 0 Å². The maximum Gasteiger partial charge on any atom is 0.243 e. The third kappa shape index (κ3) is 2.90. The molecule has 0 radical (unpaired) electrons. The van der Waals surface area contributed by atoms with Gasteiger partial charge in [0.25, 0.3) is 0 Å². The normalized spacial score (nSPS) is 26.7. The van der Waals surface area contributed by atoms with E-state index in [4.69, 9.17) is 5.73 Å². The van der Waals surface area contributed by atoms with Crippen molar-refractivity contribution in [1.82, 2.24) is 9.62 Å². The van der Waals surface area contributed by atoms with Crippen molar-refractivity contribution in [1.29, 1.82) is 0 Å². The Bertz CT molecular complexity index is 635. The first-order valence-corrected chi connectivity index (χ1v) is 8.77. The molecular weight excluding hydrogens is 293 g/mol. The summed E-state index contributed by atoms with van der Waals surface area (Å²) >= 11 is 0. The second-order valence-electron chi connectivity index (χ2n) is 5.81. The Balaban J connectivity index is 1.80. The molecule has 0 aromatic heterocycles. The molecule has 2 heterocycles. The number of nitrogens with two attached hydrogens (primary N) is 1. The van der Waals surface area contributed by atoms with Gasteiger partial charge in [0.05, 0.1) is 0 Å². The average Bonchev–Trinajstić information content (AvgIpc) is 2.81. The Kier molecular flexibility index (Phi) is 3.90. The van der Waals surface area contributed by atoms with E-state index in [0.717, 1.165) is 38.4 Å². The van der Waals surface area contributed by atoms with E-state index < -0.39 is 15.8 Å². The van der Waals surface area contributed by atoms with Crippen molar-refractivity contribution < 1.29 is 12.8 Å². The predicted molar refractivity (Wildman–Crippen MR) is 78.8 cm³/mol. The maximum absolute atomic E-state index is 13.8. The van der Waals surface area contributed by atoms with Crippen molar-refractivity contribution in [2.75, 3.05) is 18.8 Å². The summed E-state index contributed by atoms with van der Waals surface area (Å²) in [5, 5.41) is 0. The molecule has 3 N–H and O–H groups in total. The van der Waals surface area contributed by atoms with Crippen LogP contribution in [0, 0.1) is 5.82 Å².